The molecule has 4 rings (SSSR count). The van der Waals surface area contributed by atoms with Gasteiger partial charge in [0.1, 0.15) is 0 Å². The van der Waals surface area contributed by atoms with Gasteiger partial charge in [0.15, 0.2) is 17.3 Å². The van der Waals surface area contributed by atoms with E-state index in [4.69, 9.17) is 0 Å². The van der Waals surface area contributed by atoms with Crippen molar-refractivity contribution in [3.8, 4) is 17.2 Å². The molecule has 0 atom stereocenters. The summed E-state index contributed by atoms with van der Waals surface area (Å²) in [4.78, 5) is 12.1. The Kier molecular flexibility index (Phi) is 4.82. The lowest BCUT2D eigenvalue weighted by Crippen LogP contribution is -2.25. The Labute approximate surface area is 161 Å². The molecule has 1 aliphatic heterocycles. The first kappa shape index (κ1) is 18.2. The molecule has 144 valence electrons. The Bertz CT molecular complexity index is 999. The van der Waals surface area contributed by atoms with E-state index >= 15 is 0 Å². The van der Waals surface area contributed by atoms with Crippen molar-refractivity contribution >= 4 is 23.4 Å². The highest BCUT2D eigenvalue weighted by molar-refractivity contribution is 7.99. The maximum atomic E-state index is 13.0. The number of ether oxygens (including phenoxy) is 2. The van der Waals surface area contributed by atoms with Crippen LogP contribution in [0.15, 0.2) is 48.5 Å². The highest BCUT2D eigenvalue weighted by Crippen LogP contribution is 2.42. The van der Waals surface area contributed by atoms with Crippen molar-refractivity contribution in [1.29, 1.82) is 0 Å². The van der Waals surface area contributed by atoms with E-state index in [1.54, 1.807) is 4.68 Å². The second-order valence-corrected chi connectivity index (χ2v) is 6.70. The van der Waals surface area contributed by atoms with Gasteiger partial charge in [-0.05, 0) is 34.7 Å². The van der Waals surface area contributed by atoms with Gasteiger partial charge >= 0.3 is 6.29 Å². The summed E-state index contributed by atoms with van der Waals surface area (Å²) in [7, 11) is 0. The Morgan fingerprint density at radius 1 is 1.14 bits per heavy atom. The molecule has 1 N–H and O–H groups in total. The molecule has 11 heteroatoms. The number of nitrogens with one attached hydrogen (secondary N) is 1. The quantitative estimate of drug-likeness (QED) is 0.674. The Hall–Kier alpha value is -3.21. The summed E-state index contributed by atoms with van der Waals surface area (Å²) in [6.45, 7) is 0. The summed E-state index contributed by atoms with van der Waals surface area (Å²) in [6, 6.07) is 13.5. The summed E-state index contributed by atoms with van der Waals surface area (Å²) in [6.07, 6.45) is -3.69. The Morgan fingerprint density at radius 3 is 2.75 bits per heavy atom. The number of tetrazole rings is 1. The smallest absolute Gasteiger partial charge is 0.395 e. The van der Waals surface area contributed by atoms with Crippen LogP contribution in [0, 0.1) is 0 Å². The highest BCUT2D eigenvalue weighted by atomic mass is 32.2. The van der Waals surface area contributed by atoms with Gasteiger partial charge in [-0.25, -0.2) is 0 Å². The van der Waals surface area contributed by atoms with Crippen LogP contribution in [0.1, 0.15) is 5.82 Å². The largest absolute Gasteiger partial charge is 0.586 e. The van der Waals surface area contributed by atoms with E-state index in [2.05, 4.69) is 30.3 Å². The molecular formula is C17H13F2N5O3S. The van der Waals surface area contributed by atoms with Crippen LogP contribution in [-0.4, -0.2) is 38.2 Å². The monoisotopic (exact) mass is 405 g/mol. The molecule has 2 heterocycles. The van der Waals surface area contributed by atoms with Gasteiger partial charge < -0.3 is 14.8 Å². The number of rotatable bonds is 6. The number of alkyl halides is 2. The van der Waals surface area contributed by atoms with Crippen molar-refractivity contribution in [2.45, 2.75) is 12.0 Å². The predicted molar refractivity (Wildman–Crippen MR) is 96.6 cm³/mol. The van der Waals surface area contributed by atoms with Gasteiger partial charge in [-0.3, -0.25) is 4.79 Å². The van der Waals surface area contributed by atoms with E-state index in [0.717, 1.165) is 5.69 Å². The first-order valence-electron chi connectivity index (χ1n) is 8.10. The van der Waals surface area contributed by atoms with Crippen molar-refractivity contribution in [2.75, 3.05) is 11.1 Å². The highest BCUT2D eigenvalue weighted by Gasteiger charge is 2.43. The number of thioether (sulfide) groups is 1. The van der Waals surface area contributed by atoms with Crippen molar-refractivity contribution < 1.29 is 23.0 Å². The molecule has 28 heavy (non-hydrogen) atoms. The van der Waals surface area contributed by atoms with Crippen molar-refractivity contribution in [3.05, 3.63) is 54.4 Å². The number of aromatic nitrogens is 4. The minimum Gasteiger partial charge on any atom is -0.395 e. The van der Waals surface area contributed by atoms with Crippen LogP contribution < -0.4 is 14.8 Å². The van der Waals surface area contributed by atoms with Gasteiger partial charge in [0.05, 0.1) is 17.2 Å². The fraction of sp³-hybridized carbons (Fsp3) is 0.176. The van der Waals surface area contributed by atoms with Crippen LogP contribution in [0.3, 0.4) is 0 Å². The zero-order valence-electron chi connectivity index (χ0n) is 14.2. The minimum atomic E-state index is -3.69. The number of carbonyl (C=O) groups is 1. The number of hydrogen-bond donors (Lipinski definition) is 1. The number of amides is 1. The van der Waals surface area contributed by atoms with Gasteiger partial charge in [0.2, 0.25) is 5.91 Å². The van der Waals surface area contributed by atoms with Gasteiger partial charge in [0.25, 0.3) is 0 Å². The number of fused-ring (bicyclic) bond motifs is 1. The second kappa shape index (κ2) is 7.43. The number of anilines is 1. The van der Waals surface area contributed by atoms with Crippen LogP contribution in [0.5, 0.6) is 11.5 Å². The third-order valence-corrected chi connectivity index (χ3v) is 4.61. The summed E-state index contributed by atoms with van der Waals surface area (Å²) in [5.41, 5.74) is 1.16. The molecule has 0 saturated heterocycles. The molecule has 1 amide bonds. The number of halogens is 2. The molecule has 8 nitrogen and oxygen atoms in total. The first-order valence-corrected chi connectivity index (χ1v) is 9.26. The van der Waals surface area contributed by atoms with E-state index in [-0.39, 0.29) is 23.2 Å². The maximum Gasteiger partial charge on any atom is 0.586 e. The Morgan fingerprint density at radius 2 is 1.93 bits per heavy atom. The first-order chi connectivity index (χ1) is 13.5. The molecule has 0 bridgehead atoms. The molecule has 0 fully saturated rings. The average Bonchev–Trinajstić information content (AvgIpc) is 3.24. The number of para-hydroxylation sites is 1. The zero-order valence-corrected chi connectivity index (χ0v) is 15.0. The van der Waals surface area contributed by atoms with E-state index in [0.29, 0.717) is 17.3 Å². The summed E-state index contributed by atoms with van der Waals surface area (Å²) >= 11 is 1.32. The molecule has 1 aliphatic rings. The van der Waals surface area contributed by atoms with Crippen molar-refractivity contribution in [3.63, 3.8) is 0 Å². The zero-order chi connectivity index (χ0) is 19.6. The second-order valence-electron chi connectivity index (χ2n) is 5.71. The lowest BCUT2D eigenvalue weighted by Gasteiger charge is -2.06. The third-order valence-electron chi connectivity index (χ3n) is 3.68. The normalized spacial score (nSPS) is 14.1. The predicted octanol–water partition coefficient (Wildman–Crippen LogP) is 2.86. The molecule has 3 aromatic rings. The molecule has 0 saturated carbocycles. The third kappa shape index (κ3) is 4.03. The fourth-order valence-corrected chi connectivity index (χ4v) is 3.25. The topological polar surface area (TPSA) is 91.2 Å². The lowest BCUT2D eigenvalue weighted by atomic mass is 10.3. The molecule has 0 spiro atoms. The molecule has 0 unspecified atom stereocenters. The SMILES string of the molecule is O=C(CSCc1nnnn1-c1ccccc1)Nc1ccc2c(c1)OC(F)(F)O2. The van der Waals surface area contributed by atoms with Gasteiger partial charge in [0, 0.05) is 11.8 Å². The van der Waals surface area contributed by atoms with Crippen LogP contribution in [0.25, 0.3) is 5.69 Å². The van der Waals surface area contributed by atoms with Gasteiger partial charge in [-0.2, -0.15) is 4.68 Å². The minimum absolute atomic E-state index is 0.0786. The Balaban J connectivity index is 1.31. The van der Waals surface area contributed by atoms with Gasteiger partial charge in [-0.1, -0.05) is 18.2 Å². The molecule has 1 aromatic heterocycles. The molecule has 0 aliphatic carbocycles. The van der Waals surface area contributed by atoms with Gasteiger partial charge in [-0.15, -0.1) is 25.6 Å². The standard InChI is InChI=1S/C17H13F2N5O3S/c18-17(19)26-13-7-6-11(8-14(13)27-17)20-16(25)10-28-9-15-21-22-23-24(15)12-4-2-1-3-5-12/h1-8H,9-10H2,(H,20,25). The van der Waals surface area contributed by atoms with Crippen LogP contribution in [0.4, 0.5) is 14.5 Å². The summed E-state index contributed by atoms with van der Waals surface area (Å²) in [5, 5.41) is 14.2. The fourth-order valence-electron chi connectivity index (χ4n) is 2.52. The summed E-state index contributed by atoms with van der Waals surface area (Å²) in [5.74, 6) is 0.654. The lowest BCUT2D eigenvalue weighted by molar-refractivity contribution is -0.286. The van der Waals surface area contributed by atoms with Crippen LogP contribution in [0.2, 0.25) is 0 Å². The van der Waals surface area contributed by atoms with E-state index in [1.807, 2.05) is 30.3 Å². The van der Waals surface area contributed by atoms with E-state index in [9.17, 15) is 13.6 Å². The van der Waals surface area contributed by atoms with E-state index < -0.39 is 6.29 Å². The number of hydrogen-bond acceptors (Lipinski definition) is 7. The number of nitrogens with zero attached hydrogens (tertiary/aromatic N) is 4. The van der Waals surface area contributed by atoms with Crippen molar-refractivity contribution in [1.82, 2.24) is 20.2 Å². The molecule has 2 aromatic carbocycles. The number of benzene rings is 2. The summed E-state index contributed by atoms with van der Waals surface area (Å²) < 4.78 is 36.3. The number of carbonyl (C=O) groups excluding carboxylic acids is 1. The van der Waals surface area contributed by atoms with Crippen LogP contribution in [-0.2, 0) is 10.5 Å². The van der Waals surface area contributed by atoms with Crippen LogP contribution >= 0.6 is 11.8 Å². The maximum absolute atomic E-state index is 13.0. The van der Waals surface area contributed by atoms with Crippen molar-refractivity contribution in [2.24, 2.45) is 0 Å². The molecular weight excluding hydrogens is 392 g/mol. The van der Waals surface area contributed by atoms with E-state index in [1.165, 1.54) is 30.0 Å². The average molecular weight is 405 g/mol. The molecule has 0 radical (unpaired) electrons.